The highest BCUT2D eigenvalue weighted by Crippen LogP contribution is 2.30. The largest absolute Gasteiger partial charge is 0.356 e. The van der Waals surface area contributed by atoms with Gasteiger partial charge in [-0.05, 0) is 41.2 Å². The quantitative estimate of drug-likeness (QED) is 0.897. The molecule has 0 amide bonds. The molecule has 2 rings (SSSR count). The fraction of sp³-hybridized carbons (Fsp3) is 0.182. The van der Waals surface area contributed by atoms with E-state index in [4.69, 9.17) is 0 Å². The summed E-state index contributed by atoms with van der Waals surface area (Å²) in [5.41, 5.74) is 0.640. The third kappa shape index (κ3) is 2.33. The number of halogens is 1. The van der Waals surface area contributed by atoms with Gasteiger partial charge in [-0.15, -0.1) is 0 Å². The molecule has 96 valence electrons. The van der Waals surface area contributed by atoms with Crippen LogP contribution in [0.1, 0.15) is 10.9 Å². The molecule has 0 aliphatic heterocycles. The van der Waals surface area contributed by atoms with Gasteiger partial charge in [-0.3, -0.25) is 4.98 Å². The van der Waals surface area contributed by atoms with E-state index >= 15 is 0 Å². The highest BCUT2D eigenvalue weighted by Gasteiger charge is 2.29. The van der Waals surface area contributed by atoms with Crippen LogP contribution < -0.4 is 5.32 Å². The van der Waals surface area contributed by atoms with Crippen molar-refractivity contribution < 1.29 is 8.42 Å². The number of nitrogens with one attached hydrogen (secondary N) is 2. The summed E-state index contributed by atoms with van der Waals surface area (Å²) in [7, 11) is -1.91. The Labute approximate surface area is 114 Å². The number of aromatic amines is 1. The summed E-state index contributed by atoms with van der Waals surface area (Å²) in [4.78, 5) is 6.94. The Hall–Kier alpha value is -1.18. The molecule has 0 bridgehead atoms. The molecule has 0 aliphatic carbocycles. The molecule has 1 atom stereocenters. The number of hydrogen-bond donors (Lipinski definition) is 2. The van der Waals surface area contributed by atoms with Crippen LogP contribution in [0.5, 0.6) is 0 Å². The molecule has 2 aromatic heterocycles. The van der Waals surface area contributed by atoms with Gasteiger partial charge in [0.1, 0.15) is 5.37 Å². The number of hydrogen-bond acceptors (Lipinski definition) is 4. The smallest absolute Gasteiger partial charge is 0.200 e. The molecule has 0 fully saturated rings. The zero-order chi connectivity index (χ0) is 13.2. The van der Waals surface area contributed by atoms with Gasteiger partial charge in [-0.2, -0.15) is 0 Å². The Kier molecular flexibility index (Phi) is 3.84. The number of rotatable bonds is 4. The van der Waals surface area contributed by atoms with Crippen LogP contribution in [0.3, 0.4) is 0 Å². The number of nitrogens with zero attached hydrogens (tertiary/aromatic N) is 1. The zero-order valence-electron chi connectivity index (χ0n) is 9.59. The fourth-order valence-electron chi connectivity index (χ4n) is 1.69. The van der Waals surface area contributed by atoms with Crippen LogP contribution >= 0.6 is 15.9 Å². The second-order valence-electron chi connectivity index (χ2n) is 3.65. The van der Waals surface area contributed by atoms with Crippen LogP contribution in [0.25, 0.3) is 0 Å². The van der Waals surface area contributed by atoms with Crippen LogP contribution in [0, 0.1) is 0 Å². The monoisotopic (exact) mass is 329 g/mol. The van der Waals surface area contributed by atoms with E-state index in [2.05, 4.69) is 31.2 Å². The minimum atomic E-state index is -3.52. The molecular formula is C11H12BrN3O2S. The first-order chi connectivity index (χ1) is 8.57. The first-order valence-corrected chi connectivity index (χ1v) is 7.55. The van der Waals surface area contributed by atoms with Gasteiger partial charge in [0, 0.05) is 24.2 Å². The van der Waals surface area contributed by atoms with E-state index in [1.807, 2.05) is 0 Å². The lowest BCUT2D eigenvalue weighted by atomic mass is 10.3. The van der Waals surface area contributed by atoms with Crippen molar-refractivity contribution in [1.29, 1.82) is 0 Å². The summed E-state index contributed by atoms with van der Waals surface area (Å²) < 4.78 is 25.6. The van der Waals surface area contributed by atoms with Crippen LogP contribution in [0.15, 0.2) is 46.3 Å². The van der Waals surface area contributed by atoms with Gasteiger partial charge in [0.2, 0.25) is 0 Å². The normalized spacial score (nSPS) is 13.4. The molecule has 0 saturated carbocycles. The summed E-state index contributed by atoms with van der Waals surface area (Å²) in [5, 5.41) is 2.00. The van der Waals surface area contributed by atoms with Gasteiger partial charge >= 0.3 is 0 Å². The van der Waals surface area contributed by atoms with E-state index in [1.165, 1.54) is 12.3 Å². The maximum Gasteiger partial charge on any atom is 0.200 e. The Morgan fingerprint density at radius 2 is 2.22 bits per heavy atom. The standard InChI is InChI=1S/C11H12BrN3O2S/c1-13-11(9-4-6-15-10(9)12)18(16,17)8-3-2-5-14-7-8/h2-7,11,13,15H,1H3. The predicted molar refractivity (Wildman–Crippen MR) is 71.7 cm³/mol. The highest BCUT2D eigenvalue weighted by atomic mass is 79.9. The lowest BCUT2D eigenvalue weighted by Gasteiger charge is -2.16. The van der Waals surface area contributed by atoms with Gasteiger partial charge in [-0.25, -0.2) is 8.42 Å². The van der Waals surface area contributed by atoms with Crippen LogP contribution in [-0.2, 0) is 9.84 Å². The minimum Gasteiger partial charge on any atom is -0.356 e. The highest BCUT2D eigenvalue weighted by molar-refractivity contribution is 9.10. The summed E-state index contributed by atoms with van der Waals surface area (Å²) in [6.07, 6.45) is 4.57. The summed E-state index contributed by atoms with van der Waals surface area (Å²) in [6, 6.07) is 4.86. The number of pyridine rings is 1. The fourth-order valence-corrected chi connectivity index (χ4v) is 3.93. The van der Waals surface area contributed by atoms with Crippen molar-refractivity contribution in [2.75, 3.05) is 7.05 Å². The summed E-state index contributed by atoms with van der Waals surface area (Å²) in [6.45, 7) is 0. The van der Waals surface area contributed by atoms with Crippen LogP contribution in [0.2, 0.25) is 0 Å². The van der Waals surface area contributed by atoms with Crippen molar-refractivity contribution in [2.24, 2.45) is 0 Å². The molecule has 0 spiro atoms. The molecule has 2 N–H and O–H groups in total. The van der Waals surface area contributed by atoms with Crippen LogP contribution in [-0.4, -0.2) is 25.4 Å². The Morgan fingerprint density at radius 1 is 1.44 bits per heavy atom. The summed E-state index contributed by atoms with van der Waals surface area (Å²) >= 11 is 3.30. The Morgan fingerprint density at radius 3 is 2.72 bits per heavy atom. The third-order valence-corrected chi connectivity index (χ3v) is 5.24. The van der Waals surface area contributed by atoms with Gasteiger partial charge in [0.15, 0.2) is 9.84 Å². The molecule has 0 aromatic carbocycles. The van der Waals surface area contributed by atoms with Crippen molar-refractivity contribution in [2.45, 2.75) is 10.3 Å². The molecule has 0 aliphatic rings. The number of sulfone groups is 1. The Bertz CT molecular complexity index is 625. The molecule has 18 heavy (non-hydrogen) atoms. The second-order valence-corrected chi connectivity index (χ2v) is 6.48. The molecule has 0 radical (unpaired) electrons. The lowest BCUT2D eigenvalue weighted by molar-refractivity contribution is 0.569. The van der Waals surface area contributed by atoms with Crippen molar-refractivity contribution >= 4 is 25.8 Å². The van der Waals surface area contributed by atoms with E-state index < -0.39 is 15.2 Å². The lowest BCUT2D eigenvalue weighted by Crippen LogP contribution is -2.25. The second kappa shape index (κ2) is 5.21. The topological polar surface area (TPSA) is 74.8 Å². The van der Waals surface area contributed by atoms with Gasteiger partial charge in [-0.1, -0.05) is 0 Å². The maximum atomic E-state index is 12.5. The van der Waals surface area contributed by atoms with Crippen molar-refractivity contribution in [3.8, 4) is 0 Å². The molecule has 5 nitrogen and oxygen atoms in total. The number of H-pyrrole nitrogens is 1. The van der Waals surface area contributed by atoms with E-state index in [1.54, 1.807) is 31.6 Å². The molecule has 1 unspecified atom stereocenters. The molecule has 2 heterocycles. The van der Waals surface area contributed by atoms with E-state index in [-0.39, 0.29) is 4.90 Å². The first-order valence-electron chi connectivity index (χ1n) is 5.21. The predicted octanol–water partition coefficient (Wildman–Crippen LogP) is 1.86. The molecule has 2 aromatic rings. The SMILES string of the molecule is CNC(c1cc[nH]c1Br)S(=O)(=O)c1cccnc1. The minimum absolute atomic E-state index is 0.192. The van der Waals surface area contributed by atoms with Crippen molar-refractivity contribution in [1.82, 2.24) is 15.3 Å². The molecule has 0 saturated heterocycles. The van der Waals surface area contributed by atoms with Gasteiger partial charge < -0.3 is 10.3 Å². The zero-order valence-corrected chi connectivity index (χ0v) is 12.0. The average Bonchev–Trinajstić information content (AvgIpc) is 2.78. The van der Waals surface area contributed by atoms with E-state index in [0.717, 1.165) is 0 Å². The molecule has 7 heteroatoms. The van der Waals surface area contributed by atoms with Gasteiger partial charge in [0.25, 0.3) is 0 Å². The van der Waals surface area contributed by atoms with E-state index in [9.17, 15) is 8.42 Å². The van der Waals surface area contributed by atoms with E-state index in [0.29, 0.717) is 10.2 Å². The molecular weight excluding hydrogens is 318 g/mol. The van der Waals surface area contributed by atoms with Crippen molar-refractivity contribution in [3.05, 3.63) is 47.0 Å². The van der Waals surface area contributed by atoms with Crippen molar-refractivity contribution in [3.63, 3.8) is 0 Å². The first kappa shape index (κ1) is 13.3. The Balaban J connectivity index is 2.49. The van der Waals surface area contributed by atoms with Gasteiger partial charge in [0.05, 0.1) is 9.50 Å². The van der Waals surface area contributed by atoms with Crippen LogP contribution in [0.4, 0.5) is 0 Å². The average molecular weight is 330 g/mol. The maximum absolute atomic E-state index is 12.5. The summed E-state index contributed by atoms with van der Waals surface area (Å²) in [5.74, 6) is 0. The number of aromatic nitrogens is 2. The third-order valence-electron chi connectivity index (χ3n) is 2.54.